The molecule has 8 rings (SSSR count). The molecule has 0 spiro atoms. The fraction of sp³-hybridized carbons (Fsp3) is 1.00. The number of hydrogen-bond donors (Lipinski definition) is 0. The summed E-state index contributed by atoms with van der Waals surface area (Å²) in [5.41, 5.74) is 0. The summed E-state index contributed by atoms with van der Waals surface area (Å²) in [7, 11) is 0. The Kier molecular flexibility index (Phi) is 6.11. The van der Waals surface area contributed by atoms with Gasteiger partial charge in [-0.05, 0) is 160 Å². The van der Waals surface area contributed by atoms with Gasteiger partial charge in [0, 0.05) is 0 Å². The minimum absolute atomic E-state index is 1.13. The van der Waals surface area contributed by atoms with Crippen molar-refractivity contribution in [2.45, 2.75) is 135 Å². The molecule has 0 aromatic heterocycles. The molecule has 8 fully saturated rings. The molecule has 0 heteroatoms. The largest absolute Gasteiger partial charge is 0.0528 e. The molecule has 14 unspecified atom stereocenters. The highest BCUT2D eigenvalue weighted by Crippen LogP contribution is 2.63. The molecule has 8 aliphatic carbocycles. The van der Waals surface area contributed by atoms with Crippen LogP contribution in [0.4, 0.5) is 0 Å². The van der Waals surface area contributed by atoms with E-state index in [-0.39, 0.29) is 0 Å². The Hall–Kier alpha value is 0. The third kappa shape index (κ3) is 3.78. The third-order valence-electron chi connectivity index (χ3n) is 15.2. The summed E-state index contributed by atoms with van der Waals surface area (Å²) >= 11 is 0. The van der Waals surface area contributed by atoms with E-state index < -0.39 is 0 Å². The van der Waals surface area contributed by atoms with E-state index in [2.05, 4.69) is 0 Å². The summed E-state index contributed by atoms with van der Waals surface area (Å²) in [6.07, 6.45) is 33.9. The number of rotatable bonds is 4. The van der Waals surface area contributed by atoms with Gasteiger partial charge in [-0.15, -0.1) is 0 Å². The Bertz CT molecular complexity index is 679. The molecule has 0 aromatic rings. The fourth-order valence-corrected chi connectivity index (χ4v) is 14.2. The van der Waals surface area contributed by atoms with Crippen molar-refractivity contribution in [3.63, 3.8) is 0 Å². The normalized spacial score (nSPS) is 56.6. The Balaban J connectivity index is 0.923. The molecule has 0 aliphatic heterocycles. The van der Waals surface area contributed by atoms with Crippen LogP contribution < -0.4 is 0 Å². The van der Waals surface area contributed by atoms with Crippen LogP contribution in [-0.2, 0) is 0 Å². The first-order valence-electron chi connectivity index (χ1n) is 17.3. The van der Waals surface area contributed by atoms with Gasteiger partial charge in [0.2, 0.25) is 0 Å². The molecule has 35 heavy (non-hydrogen) atoms. The van der Waals surface area contributed by atoms with Gasteiger partial charge in [0.25, 0.3) is 0 Å². The molecule has 14 atom stereocenters. The maximum atomic E-state index is 1.64. The SMILES string of the molecule is C(CC1CCC2CCC3CCCC4CCC1C2C34)CC1CCC2CCC3CCCC4CCC1C2C34. The summed E-state index contributed by atoms with van der Waals surface area (Å²) in [6.45, 7) is 0. The molecule has 0 radical (unpaired) electrons. The monoisotopic (exact) mass is 476 g/mol. The minimum atomic E-state index is 1.13. The van der Waals surface area contributed by atoms with Crippen molar-refractivity contribution in [3.8, 4) is 0 Å². The summed E-state index contributed by atoms with van der Waals surface area (Å²) in [6, 6.07) is 0. The Labute approximate surface area is 217 Å². The summed E-state index contributed by atoms with van der Waals surface area (Å²) in [5, 5.41) is 0. The second kappa shape index (κ2) is 9.33. The molecule has 0 amide bonds. The first-order valence-corrected chi connectivity index (χ1v) is 17.3. The van der Waals surface area contributed by atoms with Gasteiger partial charge in [0.05, 0.1) is 0 Å². The van der Waals surface area contributed by atoms with Crippen molar-refractivity contribution < 1.29 is 0 Å². The molecule has 0 saturated heterocycles. The van der Waals surface area contributed by atoms with Crippen LogP contribution in [0, 0.1) is 82.9 Å². The standard InChI is InChI=1S/C35H56/c1(4-22-10-12-28-16-14-24-6-2-8-26-18-20-30(22)34(28)32(24)26)5-23-11-13-29-17-15-25-7-3-9-27-19-21-31(23)35(29)33(25)27/h22-35H,1-21H2. The van der Waals surface area contributed by atoms with Crippen molar-refractivity contribution >= 4 is 0 Å². The van der Waals surface area contributed by atoms with E-state index in [9.17, 15) is 0 Å². The zero-order valence-corrected chi connectivity index (χ0v) is 22.9. The predicted molar refractivity (Wildman–Crippen MR) is 146 cm³/mol. The predicted octanol–water partition coefficient (Wildman–Crippen LogP) is 9.91. The Morgan fingerprint density at radius 2 is 0.657 bits per heavy atom. The van der Waals surface area contributed by atoms with E-state index in [4.69, 9.17) is 0 Å². The van der Waals surface area contributed by atoms with Crippen LogP contribution in [0.15, 0.2) is 0 Å². The zero-order valence-electron chi connectivity index (χ0n) is 22.9. The first-order chi connectivity index (χ1) is 17.3. The van der Waals surface area contributed by atoms with Gasteiger partial charge in [0.1, 0.15) is 0 Å². The maximum Gasteiger partial charge on any atom is -0.0321 e. The average Bonchev–Trinajstić information content (AvgIpc) is 2.91. The van der Waals surface area contributed by atoms with Crippen molar-refractivity contribution in [2.75, 3.05) is 0 Å². The molecule has 0 N–H and O–H groups in total. The maximum absolute atomic E-state index is 1.64. The topological polar surface area (TPSA) is 0 Å². The first kappa shape index (κ1) is 22.9. The van der Waals surface area contributed by atoms with Gasteiger partial charge in [0.15, 0.2) is 0 Å². The van der Waals surface area contributed by atoms with Crippen LogP contribution in [0.5, 0.6) is 0 Å². The summed E-state index contributed by atoms with van der Waals surface area (Å²) < 4.78 is 0. The molecule has 0 aromatic carbocycles. The second-order valence-corrected chi connectivity index (χ2v) is 16.0. The molecule has 8 saturated carbocycles. The minimum Gasteiger partial charge on any atom is -0.0528 e. The molecule has 0 heterocycles. The fourth-order valence-electron chi connectivity index (χ4n) is 14.2. The summed E-state index contributed by atoms with van der Waals surface area (Å²) in [4.78, 5) is 0. The van der Waals surface area contributed by atoms with Gasteiger partial charge >= 0.3 is 0 Å². The highest BCUT2D eigenvalue weighted by molar-refractivity contribution is 5.04. The van der Waals surface area contributed by atoms with E-state index in [1.165, 1.54) is 23.7 Å². The Morgan fingerprint density at radius 1 is 0.314 bits per heavy atom. The van der Waals surface area contributed by atoms with Crippen molar-refractivity contribution in [1.82, 2.24) is 0 Å². The number of hydrogen-bond acceptors (Lipinski definition) is 0. The lowest BCUT2D eigenvalue weighted by atomic mass is 9.46. The van der Waals surface area contributed by atoms with E-state index in [1.54, 1.807) is 135 Å². The molecule has 196 valence electrons. The quantitative estimate of drug-likeness (QED) is 0.378. The van der Waals surface area contributed by atoms with Crippen LogP contribution >= 0.6 is 0 Å². The van der Waals surface area contributed by atoms with Gasteiger partial charge in [-0.25, -0.2) is 0 Å². The van der Waals surface area contributed by atoms with Crippen LogP contribution in [-0.4, -0.2) is 0 Å². The lowest BCUT2D eigenvalue weighted by Crippen LogP contribution is -2.52. The van der Waals surface area contributed by atoms with Gasteiger partial charge in [-0.3, -0.25) is 0 Å². The van der Waals surface area contributed by atoms with Gasteiger partial charge in [-0.2, -0.15) is 0 Å². The average molecular weight is 477 g/mol. The van der Waals surface area contributed by atoms with Crippen molar-refractivity contribution in [2.24, 2.45) is 82.9 Å². The molecular formula is C35H56. The molecule has 8 aliphatic rings. The van der Waals surface area contributed by atoms with E-state index >= 15 is 0 Å². The molecule has 0 bridgehead atoms. The van der Waals surface area contributed by atoms with Crippen LogP contribution in [0.2, 0.25) is 0 Å². The Morgan fingerprint density at radius 3 is 1.09 bits per heavy atom. The highest BCUT2D eigenvalue weighted by Gasteiger charge is 2.54. The van der Waals surface area contributed by atoms with E-state index in [0.717, 1.165) is 59.2 Å². The van der Waals surface area contributed by atoms with Gasteiger partial charge < -0.3 is 0 Å². The van der Waals surface area contributed by atoms with Gasteiger partial charge in [-0.1, -0.05) is 57.8 Å². The lowest BCUT2D eigenvalue weighted by Gasteiger charge is -2.60. The smallest absolute Gasteiger partial charge is 0.0321 e. The van der Waals surface area contributed by atoms with Crippen LogP contribution in [0.1, 0.15) is 135 Å². The summed E-state index contributed by atoms with van der Waals surface area (Å²) in [5.74, 6) is 16.2. The zero-order chi connectivity index (χ0) is 22.9. The van der Waals surface area contributed by atoms with Crippen molar-refractivity contribution in [1.29, 1.82) is 0 Å². The molecule has 0 nitrogen and oxygen atoms in total. The van der Waals surface area contributed by atoms with Crippen molar-refractivity contribution in [3.05, 3.63) is 0 Å². The third-order valence-corrected chi connectivity index (χ3v) is 15.2. The van der Waals surface area contributed by atoms with Crippen LogP contribution in [0.3, 0.4) is 0 Å². The highest BCUT2D eigenvalue weighted by atomic mass is 14.6. The molecular weight excluding hydrogens is 420 g/mol. The van der Waals surface area contributed by atoms with E-state index in [0.29, 0.717) is 0 Å². The van der Waals surface area contributed by atoms with Crippen LogP contribution in [0.25, 0.3) is 0 Å². The second-order valence-electron chi connectivity index (χ2n) is 16.0. The lowest BCUT2D eigenvalue weighted by molar-refractivity contribution is -0.102. The van der Waals surface area contributed by atoms with E-state index in [1.807, 2.05) is 0 Å².